The SMILES string of the molecule is CCC(C)C1NC(=O)c2ccc(OC)cc2NC(=O)C2CCCN2C(=O)C=CNC1=O. The van der Waals surface area contributed by atoms with E-state index in [1.165, 1.54) is 24.3 Å². The van der Waals surface area contributed by atoms with Crippen LogP contribution in [0.15, 0.2) is 30.5 Å². The fraction of sp³-hybridized carbons (Fsp3) is 0.455. The van der Waals surface area contributed by atoms with E-state index in [4.69, 9.17) is 4.74 Å². The van der Waals surface area contributed by atoms with Crippen LogP contribution in [0.25, 0.3) is 0 Å². The third-order valence-electron chi connectivity index (χ3n) is 5.80. The van der Waals surface area contributed by atoms with Crippen LogP contribution in [0.3, 0.4) is 0 Å². The van der Waals surface area contributed by atoms with Crippen molar-refractivity contribution in [2.24, 2.45) is 5.92 Å². The molecule has 1 fully saturated rings. The molecule has 2 aliphatic heterocycles. The van der Waals surface area contributed by atoms with Gasteiger partial charge in [0, 0.05) is 24.9 Å². The average Bonchev–Trinajstić information content (AvgIpc) is 3.26. The number of nitrogens with zero attached hydrogens (tertiary/aromatic N) is 1. The molecule has 1 saturated heterocycles. The van der Waals surface area contributed by atoms with Crippen LogP contribution in [0.5, 0.6) is 5.75 Å². The summed E-state index contributed by atoms with van der Waals surface area (Å²) >= 11 is 0. The number of anilines is 1. The minimum absolute atomic E-state index is 0.153. The molecular formula is C22H28N4O5. The van der Waals surface area contributed by atoms with Crippen molar-refractivity contribution in [3.8, 4) is 5.75 Å². The van der Waals surface area contributed by atoms with Crippen LogP contribution in [0.1, 0.15) is 43.5 Å². The van der Waals surface area contributed by atoms with Crippen LogP contribution in [-0.4, -0.2) is 54.3 Å². The molecule has 0 bridgehead atoms. The van der Waals surface area contributed by atoms with Gasteiger partial charge in [-0.25, -0.2) is 0 Å². The van der Waals surface area contributed by atoms with E-state index < -0.39 is 23.9 Å². The molecule has 9 heteroatoms. The summed E-state index contributed by atoms with van der Waals surface area (Å²) in [6, 6.07) is 3.23. The second-order valence-electron chi connectivity index (χ2n) is 7.77. The van der Waals surface area contributed by atoms with Crippen molar-refractivity contribution in [3.63, 3.8) is 0 Å². The van der Waals surface area contributed by atoms with Gasteiger partial charge in [0.15, 0.2) is 0 Å². The maximum atomic E-state index is 13.1. The number of ether oxygens (including phenoxy) is 1. The predicted molar refractivity (Wildman–Crippen MR) is 114 cm³/mol. The number of benzene rings is 1. The zero-order valence-corrected chi connectivity index (χ0v) is 17.9. The molecule has 4 amide bonds. The van der Waals surface area contributed by atoms with Gasteiger partial charge in [-0.2, -0.15) is 0 Å². The Bertz CT molecular complexity index is 913. The second kappa shape index (κ2) is 9.63. The van der Waals surface area contributed by atoms with Gasteiger partial charge in [0.2, 0.25) is 17.7 Å². The Morgan fingerprint density at radius 2 is 1.97 bits per heavy atom. The van der Waals surface area contributed by atoms with Crippen molar-refractivity contribution in [1.29, 1.82) is 0 Å². The van der Waals surface area contributed by atoms with E-state index in [2.05, 4.69) is 16.0 Å². The molecule has 2 aliphatic rings. The van der Waals surface area contributed by atoms with E-state index >= 15 is 0 Å². The minimum atomic E-state index is -0.814. The van der Waals surface area contributed by atoms with Crippen LogP contribution < -0.4 is 20.7 Å². The minimum Gasteiger partial charge on any atom is -0.497 e. The summed E-state index contributed by atoms with van der Waals surface area (Å²) in [5, 5.41) is 8.13. The van der Waals surface area contributed by atoms with Gasteiger partial charge < -0.3 is 25.6 Å². The molecule has 0 aliphatic carbocycles. The van der Waals surface area contributed by atoms with E-state index in [1.54, 1.807) is 18.2 Å². The van der Waals surface area contributed by atoms with E-state index in [9.17, 15) is 19.2 Å². The first-order chi connectivity index (χ1) is 14.8. The van der Waals surface area contributed by atoms with Crippen LogP contribution >= 0.6 is 0 Å². The van der Waals surface area contributed by atoms with E-state index in [1.807, 2.05) is 13.8 Å². The molecule has 3 rings (SSSR count). The normalized spacial score (nSPS) is 23.1. The maximum Gasteiger partial charge on any atom is 0.254 e. The molecule has 0 saturated carbocycles. The third-order valence-corrected chi connectivity index (χ3v) is 5.80. The molecule has 3 atom stereocenters. The Balaban J connectivity index is 2.04. The lowest BCUT2D eigenvalue weighted by Crippen LogP contribution is -2.49. The van der Waals surface area contributed by atoms with E-state index in [0.717, 1.165) is 0 Å². The third kappa shape index (κ3) is 4.87. The Morgan fingerprint density at radius 1 is 1.19 bits per heavy atom. The number of amides is 4. The molecule has 1 aromatic rings. The molecule has 0 spiro atoms. The lowest BCUT2D eigenvalue weighted by Gasteiger charge is -2.26. The molecule has 2 heterocycles. The average molecular weight is 428 g/mol. The van der Waals surface area contributed by atoms with Gasteiger partial charge in [-0.05, 0) is 30.9 Å². The van der Waals surface area contributed by atoms with Crippen LogP contribution in [-0.2, 0) is 14.4 Å². The standard InChI is InChI=1S/C22H28N4O5/c1-4-13(2)19-22(30)23-10-9-18(27)26-11-5-6-17(26)21(29)24-16-12-14(31-3)7-8-15(16)20(28)25-19/h7-10,12-13,17,19H,4-6,11H2,1-3H3,(H,23,30)(H,24,29)(H,25,28). The lowest BCUT2D eigenvalue weighted by molar-refractivity contribution is -0.132. The van der Waals surface area contributed by atoms with E-state index in [0.29, 0.717) is 31.6 Å². The monoisotopic (exact) mass is 428 g/mol. The highest BCUT2D eigenvalue weighted by molar-refractivity contribution is 6.07. The van der Waals surface area contributed by atoms with Crippen molar-refractivity contribution >= 4 is 29.3 Å². The molecule has 9 nitrogen and oxygen atoms in total. The van der Waals surface area contributed by atoms with Crippen molar-refractivity contribution in [1.82, 2.24) is 15.5 Å². The van der Waals surface area contributed by atoms with Gasteiger partial charge in [-0.15, -0.1) is 0 Å². The van der Waals surface area contributed by atoms with Gasteiger partial charge in [0.25, 0.3) is 5.91 Å². The fourth-order valence-electron chi connectivity index (χ4n) is 3.77. The van der Waals surface area contributed by atoms with Crippen LogP contribution in [0.2, 0.25) is 0 Å². The molecule has 3 unspecified atom stereocenters. The Hall–Kier alpha value is -3.36. The Morgan fingerprint density at radius 3 is 2.68 bits per heavy atom. The number of carbonyl (C=O) groups excluding carboxylic acids is 4. The molecule has 1 aromatic carbocycles. The zero-order chi connectivity index (χ0) is 22.5. The number of rotatable bonds is 3. The van der Waals surface area contributed by atoms with Gasteiger partial charge >= 0.3 is 0 Å². The van der Waals surface area contributed by atoms with Gasteiger partial charge in [-0.1, -0.05) is 20.3 Å². The van der Waals surface area contributed by atoms with Crippen molar-refractivity contribution < 1.29 is 23.9 Å². The summed E-state index contributed by atoms with van der Waals surface area (Å²) in [5.41, 5.74) is 0.468. The fourth-order valence-corrected chi connectivity index (χ4v) is 3.77. The highest BCUT2D eigenvalue weighted by atomic mass is 16.5. The molecular weight excluding hydrogens is 400 g/mol. The van der Waals surface area contributed by atoms with E-state index in [-0.39, 0.29) is 29.0 Å². The maximum absolute atomic E-state index is 13.1. The first-order valence-corrected chi connectivity index (χ1v) is 10.4. The number of nitrogens with one attached hydrogen (secondary N) is 3. The quantitative estimate of drug-likeness (QED) is 0.673. The first kappa shape index (κ1) is 22.3. The topological polar surface area (TPSA) is 117 Å². The lowest BCUT2D eigenvalue weighted by atomic mass is 9.97. The van der Waals surface area contributed by atoms with Crippen LogP contribution in [0, 0.1) is 5.92 Å². The van der Waals surface area contributed by atoms with Gasteiger partial charge in [0.05, 0.1) is 18.4 Å². The Labute approximate surface area is 181 Å². The first-order valence-electron chi connectivity index (χ1n) is 10.4. The summed E-state index contributed by atoms with van der Waals surface area (Å²) in [7, 11) is 1.49. The highest BCUT2D eigenvalue weighted by Crippen LogP contribution is 2.26. The van der Waals surface area contributed by atoms with Gasteiger partial charge in [-0.3, -0.25) is 19.2 Å². The van der Waals surface area contributed by atoms with Gasteiger partial charge in [0.1, 0.15) is 17.8 Å². The largest absolute Gasteiger partial charge is 0.497 e. The molecule has 0 aromatic heterocycles. The number of hydrogen-bond donors (Lipinski definition) is 3. The molecule has 0 radical (unpaired) electrons. The number of hydrogen-bond acceptors (Lipinski definition) is 5. The second-order valence-corrected chi connectivity index (χ2v) is 7.77. The summed E-state index contributed by atoms with van der Waals surface area (Å²) in [5.74, 6) is -1.32. The molecule has 3 N–H and O–H groups in total. The summed E-state index contributed by atoms with van der Waals surface area (Å²) in [4.78, 5) is 52.9. The number of methoxy groups -OCH3 is 1. The molecule has 166 valence electrons. The van der Waals surface area contributed by atoms with Crippen molar-refractivity contribution in [2.45, 2.75) is 45.2 Å². The van der Waals surface area contributed by atoms with Crippen LogP contribution in [0.4, 0.5) is 5.69 Å². The highest BCUT2D eigenvalue weighted by Gasteiger charge is 2.34. The number of fused-ring (bicyclic) bond motifs is 2. The summed E-state index contributed by atoms with van der Waals surface area (Å²) in [6.45, 7) is 4.21. The van der Waals surface area contributed by atoms with Crippen molar-refractivity contribution in [3.05, 3.63) is 36.0 Å². The van der Waals surface area contributed by atoms with Crippen molar-refractivity contribution in [2.75, 3.05) is 19.0 Å². The Kier molecular flexibility index (Phi) is 6.94. The molecule has 31 heavy (non-hydrogen) atoms. The summed E-state index contributed by atoms with van der Waals surface area (Å²) < 4.78 is 5.24. The smallest absolute Gasteiger partial charge is 0.254 e. The number of carbonyl (C=O) groups is 4. The predicted octanol–water partition coefficient (Wildman–Crippen LogP) is 1.41. The zero-order valence-electron chi connectivity index (χ0n) is 17.9. The summed E-state index contributed by atoms with van der Waals surface area (Å²) in [6.07, 6.45) is 4.36.